The van der Waals surface area contributed by atoms with Gasteiger partial charge in [-0.05, 0) is 106 Å². The zero-order chi connectivity index (χ0) is 34.3. The van der Waals surface area contributed by atoms with Gasteiger partial charge in [0.15, 0.2) is 0 Å². The van der Waals surface area contributed by atoms with Gasteiger partial charge in [-0.3, -0.25) is 0 Å². The smallest absolute Gasteiger partial charge is 0.0718 e. The molecular formula is C42H70O7. The van der Waals surface area contributed by atoms with E-state index >= 15 is 0 Å². The molecule has 280 valence electrons. The molecule has 0 spiro atoms. The molecule has 8 atom stereocenters. The highest BCUT2D eigenvalue weighted by Gasteiger charge is 2.66. The topological polar surface area (TPSA) is 75.6 Å². The molecule has 2 saturated heterocycles. The lowest BCUT2D eigenvalue weighted by molar-refractivity contribution is -0.294. The lowest BCUT2D eigenvalue weighted by Crippen LogP contribution is -2.66. The molecule has 0 amide bonds. The Morgan fingerprint density at radius 2 is 0.918 bits per heavy atom. The fourth-order valence-corrected chi connectivity index (χ4v) is 13.6. The summed E-state index contributed by atoms with van der Waals surface area (Å²) in [4.78, 5) is 0. The Kier molecular flexibility index (Phi) is 9.03. The van der Waals surface area contributed by atoms with Crippen molar-refractivity contribution in [1.82, 2.24) is 0 Å². The van der Waals surface area contributed by atoms with Crippen LogP contribution in [0.15, 0.2) is 0 Å². The van der Waals surface area contributed by atoms with Crippen molar-refractivity contribution in [1.29, 1.82) is 0 Å². The lowest BCUT2D eigenvalue weighted by atomic mass is 9.45. The van der Waals surface area contributed by atoms with Gasteiger partial charge < -0.3 is 33.5 Å². The molecule has 7 nitrogen and oxygen atoms in total. The quantitative estimate of drug-likeness (QED) is 0.157. The Bertz CT molecular complexity index is 1110. The molecule has 0 aromatic heterocycles. The summed E-state index contributed by atoms with van der Waals surface area (Å²) in [6.45, 7) is 17.8. The third-order valence-electron chi connectivity index (χ3n) is 16.6. The summed E-state index contributed by atoms with van der Waals surface area (Å²) < 4.78 is 40.1. The normalized spacial score (nSPS) is 46.4. The zero-order valence-corrected chi connectivity index (χ0v) is 31.9. The monoisotopic (exact) mass is 687 g/mol. The van der Waals surface area contributed by atoms with E-state index in [4.69, 9.17) is 28.4 Å². The maximum atomic E-state index is 11.1. The number of aliphatic hydroxyl groups excluding tert-OH is 1. The molecule has 10 aliphatic rings. The average Bonchev–Trinajstić information content (AvgIpc) is 3.03. The second-order valence-electron chi connectivity index (χ2n) is 20.3. The van der Waals surface area contributed by atoms with Crippen LogP contribution in [0.5, 0.6) is 0 Å². The first-order valence-corrected chi connectivity index (χ1v) is 20.7. The Morgan fingerprint density at radius 1 is 0.531 bits per heavy atom. The van der Waals surface area contributed by atoms with Crippen LogP contribution in [0, 0.1) is 38.9 Å². The maximum absolute atomic E-state index is 11.1. The first kappa shape index (κ1) is 35.7. The van der Waals surface area contributed by atoms with Crippen molar-refractivity contribution < 1.29 is 33.5 Å². The number of hydrogen-bond acceptors (Lipinski definition) is 7. The molecule has 8 saturated carbocycles. The van der Waals surface area contributed by atoms with Crippen LogP contribution in [0.2, 0.25) is 0 Å². The van der Waals surface area contributed by atoms with Gasteiger partial charge in [0.25, 0.3) is 0 Å². The SMILES string of the molecule is CCC1(COC23CC4CC(CC)(C2)CC(OCC(CC)(CO)COC25CC6CC(CC)(CC(OCC7(CC)COC7)(C6)C2)C5)(C4)C3)COC1. The molecule has 0 radical (unpaired) electrons. The summed E-state index contributed by atoms with van der Waals surface area (Å²) in [7, 11) is 0. The molecule has 2 heterocycles. The maximum Gasteiger partial charge on any atom is 0.0718 e. The minimum atomic E-state index is -0.404. The largest absolute Gasteiger partial charge is 0.396 e. The molecule has 1 N–H and O–H groups in total. The molecule has 10 rings (SSSR count). The minimum Gasteiger partial charge on any atom is -0.396 e. The van der Waals surface area contributed by atoms with Gasteiger partial charge >= 0.3 is 0 Å². The number of rotatable bonds is 18. The van der Waals surface area contributed by atoms with Crippen molar-refractivity contribution >= 4 is 0 Å². The fraction of sp³-hybridized carbons (Fsp3) is 1.00. The van der Waals surface area contributed by atoms with Crippen molar-refractivity contribution in [2.75, 3.05) is 59.5 Å². The van der Waals surface area contributed by atoms with Gasteiger partial charge in [-0.1, -0.05) is 47.5 Å². The van der Waals surface area contributed by atoms with Crippen LogP contribution in [0.3, 0.4) is 0 Å². The van der Waals surface area contributed by atoms with Gasteiger partial charge in [0.1, 0.15) is 0 Å². The summed E-state index contributed by atoms with van der Waals surface area (Å²) >= 11 is 0. The molecule has 0 aromatic rings. The van der Waals surface area contributed by atoms with Crippen molar-refractivity contribution in [3.63, 3.8) is 0 Å². The molecule has 49 heavy (non-hydrogen) atoms. The highest BCUT2D eigenvalue weighted by molar-refractivity contribution is 5.17. The number of aliphatic hydroxyl groups is 1. The van der Waals surface area contributed by atoms with E-state index in [1.807, 2.05) is 0 Å². The molecule has 8 aliphatic carbocycles. The standard InChI is InChI=1S/C42H70O7/c1-6-34-11-32-13-39(17-34,21-41(15-32,19-34)48-30-37(9-4)24-44-25-37)46-28-36(8-3,23-43)29-47-40-14-33-12-35(7-2,18-40)20-42(16-33,22-40)49-31-38(10-5)26-45-27-38/h32-33,43H,6-31H2,1-5H3. The van der Waals surface area contributed by atoms with Crippen molar-refractivity contribution in [3.8, 4) is 0 Å². The predicted octanol–water partition coefficient (Wildman–Crippen LogP) is 8.04. The first-order chi connectivity index (χ1) is 23.4. The molecular weight excluding hydrogens is 616 g/mol. The number of hydrogen-bond donors (Lipinski definition) is 1. The van der Waals surface area contributed by atoms with E-state index in [9.17, 15) is 5.11 Å². The molecule has 8 bridgehead atoms. The summed E-state index contributed by atoms with van der Waals surface area (Å²) in [6.07, 6.45) is 19.4. The third-order valence-corrected chi connectivity index (χ3v) is 16.6. The van der Waals surface area contributed by atoms with Crippen LogP contribution >= 0.6 is 0 Å². The third kappa shape index (κ3) is 6.11. The van der Waals surface area contributed by atoms with Crippen LogP contribution in [-0.4, -0.2) is 87.0 Å². The van der Waals surface area contributed by atoms with Crippen LogP contribution in [0.1, 0.15) is 144 Å². The van der Waals surface area contributed by atoms with Gasteiger partial charge in [0, 0.05) is 29.1 Å². The van der Waals surface area contributed by atoms with E-state index in [-0.39, 0.29) is 39.8 Å². The first-order valence-electron chi connectivity index (χ1n) is 20.7. The van der Waals surface area contributed by atoms with E-state index in [1.54, 1.807) is 0 Å². The van der Waals surface area contributed by atoms with Gasteiger partial charge in [0.2, 0.25) is 0 Å². The highest BCUT2D eigenvalue weighted by Crippen LogP contribution is 2.68. The summed E-state index contributed by atoms with van der Waals surface area (Å²) in [5.74, 6) is 1.33. The van der Waals surface area contributed by atoms with E-state index < -0.39 is 5.41 Å². The van der Waals surface area contributed by atoms with Gasteiger partial charge in [0.05, 0.1) is 81.9 Å². The predicted molar refractivity (Wildman–Crippen MR) is 189 cm³/mol. The van der Waals surface area contributed by atoms with Crippen LogP contribution in [0.4, 0.5) is 0 Å². The van der Waals surface area contributed by atoms with E-state index in [0.29, 0.717) is 35.9 Å². The van der Waals surface area contributed by atoms with Crippen molar-refractivity contribution in [2.45, 2.75) is 166 Å². The summed E-state index contributed by atoms with van der Waals surface area (Å²) in [5.41, 5.74) is 0.123. The highest BCUT2D eigenvalue weighted by atomic mass is 16.5. The second kappa shape index (κ2) is 12.4. The summed E-state index contributed by atoms with van der Waals surface area (Å²) in [5, 5.41) is 11.1. The molecule has 7 heteroatoms. The second-order valence-corrected chi connectivity index (χ2v) is 20.3. The van der Waals surface area contributed by atoms with E-state index in [2.05, 4.69) is 34.6 Å². The van der Waals surface area contributed by atoms with Gasteiger partial charge in [-0.15, -0.1) is 0 Å². The van der Waals surface area contributed by atoms with Crippen molar-refractivity contribution in [2.24, 2.45) is 38.9 Å². The van der Waals surface area contributed by atoms with Gasteiger partial charge in [-0.2, -0.15) is 0 Å². The average molecular weight is 687 g/mol. The Balaban J connectivity index is 0.972. The minimum absolute atomic E-state index is 0.0816. The molecule has 2 aliphatic heterocycles. The molecule has 8 unspecified atom stereocenters. The lowest BCUT2D eigenvalue weighted by Gasteiger charge is -2.67. The molecule has 10 fully saturated rings. The van der Waals surface area contributed by atoms with Crippen molar-refractivity contribution in [3.05, 3.63) is 0 Å². The van der Waals surface area contributed by atoms with Crippen LogP contribution in [-0.2, 0) is 28.4 Å². The number of ether oxygens (including phenoxy) is 6. The fourth-order valence-electron chi connectivity index (χ4n) is 13.6. The zero-order valence-electron chi connectivity index (χ0n) is 31.9. The van der Waals surface area contributed by atoms with Crippen LogP contribution < -0.4 is 0 Å². The Hall–Kier alpha value is -0.280. The van der Waals surface area contributed by atoms with E-state index in [0.717, 1.165) is 97.4 Å². The van der Waals surface area contributed by atoms with Crippen LogP contribution in [0.25, 0.3) is 0 Å². The van der Waals surface area contributed by atoms with E-state index in [1.165, 1.54) is 51.4 Å². The molecule has 0 aromatic carbocycles. The Labute approximate surface area is 297 Å². The Morgan fingerprint density at radius 3 is 1.20 bits per heavy atom. The van der Waals surface area contributed by atoms with Gasteiger partial charge in [-0.25, -0.2) is 0 Å². The summed E-state index contributed by atoms with van der Waals surface area (Å²) in [6, 6.07) is 0.